The van der Waals surface area contributed by atoms with Gasteiger partial charge >= 0.3 is 0 Å². The molecular formula is C11H21N3O. The van der Waals surface area contributed by atoms with Gasteiger partial charge in [-0.15, -0.1) is 0 Å². The third kappa shape index (κ3) is 2.92. The lowest BCUT2D eigenvalue weighted by molar-refractivity contribution is -0.126. The highest BCUT2D eigenvalue weighted by Gasteiger charge is 2.24. The highest BCUT2D eigenvalue weighted by Crippen LogP contribution is 2.15. The molecule has 4 heteroatoms. The largest absolute Gasteiger partial charge is 0.354 e. The van der Waals surface area contributed by atoms with Crippen LogP contribution < -0.4 is 10.6 Å². The van der Waals surface area contributed by atoms with E-state index in [1.807, 2.05) is 0 Å². The number of hydrogen-bond donors (Lipinski definition) is 2. The zero-order chi connectivity index (χ0) is 10.7. The second-order valence-electron chi connectivity index (χ2n) is 4.76. The maximum absolute atomic E-state index is 11.8. The van der Waals surface area contributed by atoms with Gasteiger partial charge in [0.25, 0.3) is 0 Å². The van der Waals surface area contributed by atoms with Crippen LogP contribution in [0.1, 0.15) is 19.3 Å². The summed E-state index contributed by atoms with van der Waals surface area (Å²) in [5.74, 6) is 0.512. The van der Waals surface area contributed by atoms with Gasteiger partial charge in [-0.1, -0.05) is 0 Å². The van der Waals surface area contributed by atoms with Crippen molar-refractivity contribution in [3.8, 4) is 0 Å². The Bertz CT molecular complexity index is 220. The molecule has 1 amide bonds. The molecule has 1 unspecified atom stereocenters. The summed E-state index contributed by atoms with van der Waals surface area (Å²) in [5.41, 5.74) is 0. The van der Waals surface area contributed by atoms with Gasteiger partial charge in [-0.25, -0.2) is 0 Å². The van der Waals surface area contributed by atoms with Gasteiger partial charge in [-0.2, -0.15) is 0 Å². The van der Waals surface area contributed by atoms with Gasteiger partial charge in [0.2, 0.25) is 5.91 Å². The van der Waals surface area contributed by atoms with Crippen molar-refractivity contribution in [1.29, 1.82) is 0 Å². The number of likely N-dealkylation sites (tertiary alicyclic amines) is 1. The molecule has 0 radical (unpaired) electrons. The van der Waals surface area contributed by atoms with E-state index in [9.17, 15) is 4.79 Å². The Morgan fingerprint density at radius 1 is 1.40 bits per heavy atom. The minimum Gasteiger partial charge on any atom is -0.354 e. The van der Waals surface area contributed by atoms with E-state index in [2.05, 4.69) is 22.6 Å². The van der Waals surface area contributed by atoms with Gasteiger partial charge < -0.3 is 15.5 Å². The van der Waals surface area contributed by atoms with Crippen molar-refractivity contribution >= 4 is 5.91 Å². The van der Waals surface area contributed by atoms with Crippen LogP contribution in [0, 0.1) is 5.92 Å². The number of rotatable bonds is 3. The van der Waals surface area contributed by atoms with E-state index in [4.69, 9.17) is 0 Å². The van der Waals surface area contributed by atoms with Crippen molar-refractivity contribution in [2.45, 2.75) is 25.3 Å². The van der Waals surface area contributed by atoms with E-state index in [0.29, 0.717) is 6.04 Å². The Labute approximate surface area is 91.4 Å². The summed E-state index contributed by atoms with van der Waals surface area (Å²) in [4.78, 5) is 14.1. The lowest BCUT2D eigenvalue weighted by Gasteiger charge is -2.31. The third-order valence-electron chi connectivity index (χ3n) is 3.54. The molecule has 2 saturated heterocycles. The number of piperidine rings is 1. The summed E-state index contributed by atoms with van der Waals surface area (Å²) in [6.45, 7) is 4.03. The second-order valence-corrected chi connectivity index (χ2v) is 4.76. The lowest BCUT2D eigenvalue weighted by Crippen LogP contribution is -2.51. The minimum atomic E-state index is 0.251. The molecule has 0 spiro atoms. The van der Waals surface area contributed by atoms with E-state index >= 15 is 0 Å². The van der Waals surface area contributed by atoms with Gasteiger partial charge in [0.1, 0.15) is 0 Å². The van der Waals surface area contributed by atoms with Crippen LogP contribution in [0.5, 0.6) is 0 Å². The molecule has 0 saturated carbocycles. The summed E-state index contributed by atoms with van der Waals surface area (Å²) in [7, 11) is 2.12. The van der Waals surface area contributed by atoms with Crippen LogP contribution in [0.3, 0.4) is 0 Å². The molecule has 2 aliphatic rings. The van der Waals surface area contributed by atoms with Gasteiger partial charge in [0, 0.05) is 18.5 Å². The molecule has 86 valence electrons. The molecule has 4 nitrogen and oxygen atoms in total. The highest BCUT2D eigenvalue weighted by molar-refractivity contribution is 5.78. The van der Waals surface area contributed by atoms with Crippen molar-refractivity contribution in [3.05, 3.63) is 0 Å². The maximum Gasteiger partial charge on any atom is 0.223 e. The zero-order valence-electron chi connectivity index (χ0n) is 9.46. The summed E-state index contributed by atoms with van der Waals surface area (Å²) < 4.78 is 0. The quantitative estimate of drug-likeness (QED) is 0.680. The molecular weight excluding hydrogens is 190 g/mol. The Hall–Kier alpha value is -0.610. The Morgan fingerprint density at radius 3 is 2.60 bits per heavy atom. The number of carbonyl (C=O) groups is 1. The molecule has 2 fully saturated rings. The lowest BCUT2D eigenvalue weighted by atomic mass is 9.96. The Balaban J connectivity index is 1.66. The Kier molecular flexibility index (Phi) is 3.59. The van der Waals surface area contributed by atoms with Crippen LogP contribution in [0.15, 0.2) is 0 Å². The first-order valence-electron chi connectivity index (χ1n) is 5.95. The molecule has 0 aromatic carbocycles. The molecule has 1 atom stereocenters. The number of nitrogens with one attached hydrogen (secondary N) is 2. The predicted molar refractivity (Wildman–Crippen MR) is 59.6 cm³/mol. The topological polar surface area (TPSA) is 44.4 Å². The van der Waals surface area contributed by atoms with Crippen molar-refractivity contribution in [2.75, 3.05) is 33.2 Å². The van der Waals surface area contributed by atoms with Gasteiger partial charge in [-0.3, -0.25) is 4.79 Å². The molecule has 2 N–H and O–H groups in total. The van der Waals surface area contributed by atoms with E-state index in [0.717, 1.165) is 39.0 Å². The number of hydrogen-bond acceptors (Lipinski definition) is 3. The molecule has 2 heterocycles. The van der Waals surface area contributed by atoms with Crippen LogP contribution in [0.4, 0.5) is 0 Å². The van der Waals surface area contributed by atoms with Crippen molar-refractivity contribution in [1.82, 2.24) is 15.5 Å². The smallest absolute Gasteiger partial charge is 0.223 e. The average Bonchev–Trinajstić information content (AvgIpc) is 2.16. The van der Waals surface area contributed by atoms with Gasteiger partial charge in [-0.05, 0) is 45.9 Å². The molecule has 0 aromatic heterocycles. The van der Waals surface area contributed by atoms with Crippen LogP contribution in [0.2, 0.25) is 0 Å². The van der Waals surface area contributed by atoms with E-state index < -0.39 is 0 Å². The standard InChI is InChI=1S/C11H21N3O/c1-14-6-3-9(4-7-14)11(15)13-8-10-2-5-12-10/h9-10,12H,2-8H2,1H3,(H,13,15). The normalized spacial score (nSPS) is 28.5. The molecule has 2 rings (SSSR count). The number of carbonyl (C=O) groups excluding carboxylic acids is 1. The molecule has 0 bridgehead atoms. The van der Waals surface area contributed by atoms with Crippen LogP contribution >= 0.6 is 0 Å². The average molecular weight is 211 g/mol. The maximum atomic E-state index is 11.8. The number of nitrogens with zero attached hydrogens (tertiary/aromatic N) is 1. The van der Waals surface area contributed by atoms with Crippen LogP contribution in [-0.4, -0.2) is 50.1 Å². The van der Waals surface area contributed by atoms with E-state index in [1.165, 1.54) is 6.42 Å². The monoisotopic (exact) mass is 211 g/mol. The van der Waals surface area contributed by atoms with Gasteiger partial charge in [0.15, 0.2) is 0 Å². The number of amides is 1. The predicted octanol–water partition coefficient (Wildman–Crippen LogP) is -0.194. The van der Waals surface area contributed by atoms with Gasteiger partial charge in [0.05, 0.1) is 0 Å². The third-order valence-corrected chi connectivity index (χ3v) is 3.54. The molecule has 0 aliphatic carbocycles. The van der Waals surface area contributed by atoms with Crippen molar-refractivity contribution < 1.29 is 4.79 Å². The zero-order valence-corrected chi connectivity index (χ0v) is 9.46. The summed E-state index contributed by atoms with van der Waals surface area (Å²) in [5, 5.41) is 6.34. The fourth-order valence-electron chi connectivity index (χ4n) is 2.16. The van der Waals surface area contributed by atoms with Crippen LogP contribution in [0.25, 0.3) is 0 Å². The van der Waals surface area contributed by atoms with Crippen LogP contribution in [-0.2, 0) is 4.79 Å². The molecule has 2 aliphatic heterocycles. The molecule has 15 heavy (non-hydrogen) atoms. The molecule has 0 aromatic rings. The fourth-order valence-corrected chi connectivity index (χ4v) is 2.16. The van der Waals surface area contributed by atoms with E-state index in [1.54, 1.807) is 0 Å². The fraction of sp³-hybridized carbons (Fsp3) is 0.909. The summed E-state index contributed by atoms with van der Waals surface area (Å²) >= 11 is 0. The first kappa shape index (κ1) is 10.9. The minimum absolute atomic E-state index is 0.251. The first-order chi connectivity index (χ1) is 7.25. The summed E-state index contributed by atoms with van der Waals surface area (Å²) in [6, 6.07) is 0.528. The van der Waals surface area contributed by atoms with Crippen molar-refractivity contribution in [3.63, 3.8) is 0 Å². The second kappa shape index (κ2) is 4.94. The van der Waals surface area contributed by atoms with Crippen molar-refractivity contribution in [2.24, 2.45) is 5.92 Å². The Morgan fingerprint density at radius 2 is 2.07 bits per heavy atom. The SMILES string of the molecule is CN1CCC(C(=O)NCC2CCN2)CC1. The first-order valence-corrected chi connectivity index (χ1v) is 5.95. The summed E-state index contributed by atoms with van der Waals surface area (Å²) in [6.07, 6.45) is 3.23. The van der Waals surface area contributed by atoms with E-state index in [-0.39, 0.29) is 11.8 Å². The highest BCUT2D eigenvalue weighted by atomic mass is 16.1.